The summed E-state index contributed by atoms with van der Waals surface area (Å²) in [6.07, 6.45) is -1.29. The van der Waals surface area contributed by atoms with Crippen molar-refractivity contribution in [1.29, 1.82) is 0 Å². The van der Waals surface area contributed by atoms with E-state index in [9.17, 15) is 8.78 Å². The third-order valence-corrected chi connectivity index (χ3v) is 3.41. The SMILES string of the molecule is FC(F)CN(CCCl)CC1Cc2ccccc21. The van der Waals surface area contributed by atoms with Gasteiger partial charge in [0.1, 0.15) is 0 Å². The maximum atomic E-state index is 12.4. The molecule has 0 heterocycles. The maximum Gasteiger partial charge on any atom is 0.251 e. The van der Waals surface area contributed by atoms with Gasteiger partial charge in [0.2, 0.25) is 0 Å². The molecular formula is C13H16ClF2N. The summed E-state index contributed by atoms with van der Waals surface area (Å²) in [5.41, 5.74) is 2.65. The molecule has 17 heavy (non-hydrogen) atoms. The number of halogens is 3. The van der Waals surface area contributed by atoms with Gasteiger partial charge in [0.15, 0.2) is 0 Å². The number of rotatable bonds is 6. The van der Waals surface area contributed by atoms with E-state index in [4.69, 9.17) is 11.6 Å². The Morgan fingerprint density at radius 1 is 1.35 bits per heavy atom. The molecule has 1 aliphatic rings. The normalized spacial score (nSPS) is 18.3. The van der Waals surface area contributed by atoms with Gasteiger partial charge in [0.05, 0.1) is 6.54 Å². The lowest BCUT2D eigenvalue weighted by molar-refractivity contribution is 0.0868. The van der Waals surface area contributed by atoms with E-state index in [0.29, 0.717) is 24.9 Å². The van der Waals surface area contributed by atoms with E-state index in [1.165, 1.54) is 11.1 Å². The minimum absolute atomic E-state index is 0.175. The van der Waals surface area contributed by atoms with Crippen LogP contribution in [0, 0.1) is 0 Å². The molecule has 1 atom stereocenters. The molecule has 0 radical (unpaired) electrons. The van der Waals surface area contributed by atoms with Crippen molar-refractivity contribution in [2.75, 3.05) is 25.5 Å². The smallest absolute Gasteiger partial charge is 0.251 e. The van der Waals surface area contributed by atoms with Gasteiger partial charge in [-0.15, -0.1) is 11.6 Å². The molecule has 0 saturated heterocycles. The number of alkyl halides is 3. The number of benzene rings is 1. The fourth-order valence-corrected chi connectivity index (χ4v) is 2.65. The Hall–Kier alpha value is -0.670. The third kappa shape index (κ3) is 3.17. The average Bonchev–Trinajstić information content (AvgIpc) is 2.25. The highest BCUT2D eigenvalue weighted by Gasteiger charge is 2.27. The number of hydrogen-bond donors (Lipinski definition) is 0. The van der Waals surface area contributed by atoms with Crippen LogP contribution >= 0.6 is 11.6 Å². The Bertz CT molecular complexity index is 370. The van der Waals surface area contributed by atoms with Crippen molar-refractivity contribution in [3.05, 3.63) is 35.4 Å². The lowest BCUT2D eigenvalue weighted by atomic mass is 9.77. The Morgan fingerprint density at radius 2 is 2.12 bits per heavy atom. The van der Waals surface area contributed by atoms with Crippen molar-refractivity contribution in [2.24, 2.45) is 0 Å². The molecule has 94 valence electrons. The standard InChI is InChI=1S/C13H16ClF2N/c14-5-6-17(9-13(15)16)8-11-7-10-3-1-2-4-12(10)11/h1-4,11,13H,5-9H2. The molecule has 1 unspecified atom stereocenters. The molecule has 1 nitrogen and oxygen atoms in total. The molecule has 2 rings (SSSR count). The quantitative estimate of drug-likeness (QED) is 0.710. The van der Waals surface area contributed by atoms with Crippen LogP contribution in [0.3, 0.4) is 0 Å². The topological polar surface area (TPSA) is 3.24 Å². The van der Waals surface area contributed by atoms with Gasteiger partial charge in [-0.1, -0.05) is 24.3 Å². The van der Waals surface area contributed by atoms with Gasteiger partial charge in [-0.3, -0.25) is 4.90 Å². The lowest BCUT2D eigenvalue weighted by Crippen LogP contribution is -2.37. The molecule has 0 bridgehead atoms. The van der Waals surface area contributed by atoms with Gasteiger partial charge in [-0.2, -0.15) is 0 Å². The van der Waals surface area contributed by atoms with Gasteiger partial charge < -0.3 is 0 Å². The van der Waals surface area contributed by atoms with Crippen LogP contribution in [0.4, 0.5) is 8.78 Å². The molecule has 1 aliphatic carbocycles. The molecule has 4 heteroatoms. The highest BCUT2D eigenvalue weighted by atomic mass is 35.5. The second-order valence-corrected chi connectivity index (χ2v) is 4.82. The minimum atomic E-state index is -2.28. The Balaban J connectivity index is 1.92. The van der Waals surface area contributed by atoms with E-state index in [0.717, 1.165) is 6.42 Å². The van der Waals surface area contributed by atoms with Crippen LogP contribution in [0.25, 0.3) is 0 Å². The van der Waals surface area contributed by atoms with E-state index in [2.05, 4.69) is 12.1 Å². The summed E-state index contributed by atoms with van der Waals surface area (Å²) >= 11 is 5.64. The largest absolute Gasteiger partial charge is 0.296 e. The highest BCUT2D eigenvalue weighted by Crippen LogP contribution is 2.35. The maximum absolute atomic E-state index is 12.4. The van der Waals surface area contributed by atoms with E-state index in [-0.39, 0.29) is 6.54 Å². The van der Waals surface area contributed by atoms with E-state index < -0.39 is 6.43 Å². The number of fused-ring (bicyclic) bond motifs is 1. The van der Waals surface area contributed by atoms with Gasteiger partial charge in [0.25, 0.3) is 6.43 Å². The van der Waals surface area contributed by atoms with E-state index in [1.54, 1.807) is 4.90 Å². The Morgan fingerprint density at radius 3 is 2.76 bits per heavy atom. The summed E-state index contributed by atoms with van der Waals surface area (Å²) in [5, 5.41) is 0. The van der Waals surface area contributed by atoms with Crippen molar-refractivity contribution >= 4 is 11.6 Å². The monoisotopic (exact) mass is 259 g/mol. The highest BCUT2D eigenvalue weighted by molar-refractivity contribution is 6.18. The van der Waals surface area contributed by atoms with Crippen molar-refractivity contribution in [2.45, 2.75) is 18.8 Å². The summed E-state index contributed by atoms with van der Waals surface area (Å²) in [6, 6.07) is 8.21. The van der Waals surface area contributed by atoms with Crippen molar-refractivity contribution in [1.82, 2.24) is 4.90 Å². The van der Waals surface area contributed by atoms with Gasteiger partial charge in [-0.05, 0) is 17.5 Å². The second kappa shape index (κ2) is 5.78. The predicted octanol–water partition coefficient (Wildman–Crippen LogP) is 3.13. The third-order valence-electron chi connectivity index (χ3n) is 3.24. The van der Waals surface area contributed by atoms with Crippen LogP contribution in [0.5, 0.6) is 0 Å². The van der Waals surface area contributed by atoms with Crippen molar-refractivity contribution < 1.29 is 8.78 Å². The first kappa shape index (κ1) is 12.8. The first-order valence-corrected chi connectivity index (χ1v) is 6.38. The average molecular weight is 260 g/mol. The molecular weight excluding hydrogens is 244 g/mol. The van der Waals surface area contributed by atoms with Crippen LogP contribution in [0.15, 0.2) is 24.3 Å². The molecule has 0 spiro atoms. The van der Waals surface area contributed by atoms with E-state index in [1.807, 2.05) is 12.1 Å². The summed E-state index contributed by atoms with van der Waals surface area (Å²) in [7, 11) is 0. The zero-order chi connectivity index (χ0) is 12.3. The summed E-state index contributed by atoms with van der Waals surface area (Å²) in [5.74, 6) is 0.800. The van der Waals surface area contributed by atoms with Crippen LogP contribution in [0.1, 0.15) is 17.0 Å². The molecule has 0 amide bonds. The Labute approximate surface area is 105 Å². The fraction of sp³-hybridized carbons (Fsp3) is 0.538. The molecule has 0 fully saturated rings. The summed E-state index contributed by atoms with van der Waals surface area (Å²) in [6.45, 7) is 1.05. The first-order chi connectivity index (χ1) is 8.20. The first-order valence-electron chi connectivity index (χ1n) is 5.85. The van der Waals surface area contributed by atoms with Crippen LogP contribution in [-0.4, -0.2) is 36.8 Å². The number of nitrogens with zero attached hydrogens (tertiary/aromatic N) is 1. The van der Waals surface area contributed by atoms with Crippen molar-refractivity contribution in [3.8, 4) is 0 Å². The lowest BCUT2D eigenvalue weighted by Gasteiger charge is -2.34. The fourth-order valence-electron chi connectivity index (χ4n) is 2.41. The zero-order valence-corrected chi connectivity index (χ0v) is 10.3. The molecule has 0 N–H and O–H groups in total. The van der Waals surface area contributed by atoms with Crippen LogP contribution in [-0.2, 0) is 6.42 Å². The van der Waals surface area contributed by atoms with E-state index >= 15 is 0 Å². The molecule has 1 aromatic rings. The molecule has 0 saturated carbocycles. The molecule has 0 aromatic heterocycles. The Kier molecular flexibility index (Phi) is 4.35. The zero-order valence-electron chi connectivity index (χ0n) is 9.58. The van der Waals surface area contributed by atoms with Crippen molar-refractivity contribution in [3.63, 3.8) is 0 Å². The van der Waals surface area contributed by atoms with Gasteiger partial charge >= 0.3 is 0 Å². The van der Waals surface area contributed by atoms with Gasteiger partial charge in [-0.25, -0.2) is 8.78 Å². The molecule has 0 aliphatic heterocycles. The summed E-state index contributed by atoms with van der Waals surface area (Å²) in [4.78, 5) is 1.76. The summed E-state index contributed by atoms with van der Waals surface area (Å²) < 4.78 is 24.8. The predicted molar refractivity (Wildman–Crippen MR) is 66.1 cm³/mol. The van der Waals surface area contributed by atoms with Gasteiger partial charge in [0, 0.05) is 24.9 Å². The van der Waals surface area contributed by atoms with Crippen LogP contribution < -0.4 is 0 Å². The van der Waals surface area contributed by atoms with Crippen LogP contribution in [0.2, 0.25) is 0 Å². The number of hydrogen-bond acceptors (Lipinski definition) is 1. The second-order valence-electron chi connectivity index (χ2n) is 4.44. The minimum Gasteiger partial charge on any atom is -0.296 e. The molecule has 1 aromatic carbocycles.